The average Bonchev–Trinajstić information content (AvgIpc) is 3.33. The normalized spacial score (nSPS) is 22.2. The van der Waals surface area contributed by atoms with Gasteiger partial charge in [-0.2, -0.15) is 8.78 Å². The van der Waals surface area contributed by atoms with Gasteiger partial charge in [-0.1, -0.05) is 54.1 Å². The van der Waals surface area contributed by atoms with Crippen molar-refractivity contribution >= 4 is 17.5 Å². The molecule has 1 fully saturated rings. The fraction of sp³-hybridized carbons (Fsp3) is 0.345. The van der Waals surface area contributed by atoms with Crippen LogP contribution in [-0.2, 0) is 12.0 Å². The van der Waals surface area contributed by atoms with Crippen LogP contribution in [0.3, 0.4) is 0 Å². The Labute approximate surface area is 233 Å². The Hall–Kier alpha value is -3.34. The Morgan fingerprint density at radius 2 is 1.80 bits per heavy atom. The summed E-state index contributed by atoms with van der Waals surface area (Å²) >= 11 is 5.79. The summed E-state index contributed by atoms with van der Waals surface area (Å²) in [5.74, 6) is -5.10. The number of nitrogens with two attached hydrogens (primary N) is 1. The second-order valence-electron chi connectivity index (χ2n) is 10.1. The van der Waals surface area contributed by atoms with E-state index >= 15 is 8.78 Å². The van der Waals surface area contributed by atoms with Gasteiger partial charge in [0.25, 0.3) is 5.91 Å². The first-order valence-corrected chi connectivity index (χ1v) is 13.2. The van der Waals surface area contributed by atoms with Crippen LogP contribution in [0.1, 0.15) is 47.2 Å². The second kappa shape index (κ2) is 11.3. The lowest BCUT2D eigenvalue weighted by molar-refractivity contribution is -0.0522. The van der Waals surface area contributed by atoms with Crippen LogP contribution in [0.5, 0.6) is 11.5 Å². The van der Waals surface area contributed by atoms with Gasteiger partial charge in [0.2, 0.25) is 0 Å². The molecule has 0 unspecified atom stereocenters. The summed E-state index contributed by atoms with van der Waals surface area (Å²) < 4.78 is 67.9. The number of halogens is 5. The fourth-order valence-electron chi connectivity index (χ4n) is 5.62. The fourth-order valence-corrected chi connectivity index (χ4v) is 5.84. The third-order valence-corrected chi connectivity index (χ3v) is 7.91. The molecule has 1 aliphatic heterocycles. The molecule has 1 heterocycles. The van der Waals surface area contributed by atoms with Crippen molar-refractivity contribution in [2.45, 2.75) is 56.5 Å². The maximum absolute atomic E-state index is 15.8. The van der Waals surface area contributed by atoms with Gasteiger partial charge in [0.1, 0.15) is 10.8 Å². The minimum Gasteiger partial charge on any atom is -0.481 e. The van der Waals surface area contributed by atoms with E-state index in [4.69, 9.17) is 22.1 Å². The van der Waals surface area contributed by atoms with Crippen molar-refractivity contribution in [1.82, 2.24) is 5.32 Å². The number of hydrogen-bond donors (Lipinski definition) is 3. The zero-order chi connectivity index (χ0) is 28.6. The maximum Gasteiger partial charge on any atom is 0.387 e. The first-order valence-electron chi connectivity index (χ1n) is 12.8. The number of primary amides is 1. The predicted molar refractivity (Wildman–Crippen MR) is 141 cm³/mol. The largest absolute Gasteiger partial charge is 0.481 e. The molecule has 0 saturated heterocycles. The van der Waals surface area contributed by atoms with E-state index in [9.17, 15) is 18.7 Å². The first-order chi connectivity index (χ1) is 19.1. The molecule has 3 aromatic carbocycles. The molecule has 11 heteroatoms. The average molecular weight is 579 g/mol. The molecule has 4 N–H and O–H groups in total. The number of nitrogens with one attached hydrogen (secondary N) is 1. The quantitative estimate of drug-likeness (QED) is 0.235. The number of aliphatic hydroxyl groups excluding tert-OH is 1. The lowest BCUT2D eigenvalue weighted by Gasteiger charge is -2.34. The molecule has 1 amide bonds. The molecule has 5 rings (SSSR count). The molecule has 1 aliphatic carbocycles. The number of fused-ring (bicyclic) bond motifs is 1. The Balaban J connectivity index is 1.61. The Bertz CT molecular complexity index is 1420. The smallest absolute Gasteiger partial charge is 0.387 e. The maximum atomic E-state index is 15.8. The number of carbonyl (C=O) groups is 1. The molecule has 1 atom stereocenters. The van der Waals surface area contributed by atoms with Gasteiger partial charge in [-0.25, -0.2) is 8.78 Å². The summed E-state index contributed by atoms with van der Waals surface area (Å²) in [5, 5.41) is 12.3. The standard InChI is InChI=1S/C29H27ClF4N2O4/c30-23-24(31)22(27(35)38)21(25(32)26(23)39-28(33)34)18-7-4-8-20-19(18)13-29(40-20,15-5-2-1-3-6-15)14-36-16-9-11-17(37)12-10-16/h1-8,16-17,28,36-37H,9-14H2,(H2,35,38)/t16?,17?,29-/m1/s1. The summed E-state index contributed by atoms with van der Waals surface area (Å²) in [6.07, 6.45) is 2.80. The molecule has 2 aliphatic rings. The topological polar surface area (TPSA) is 93.8 Å². The van der Waals surface area contributed by atoms with E-state index in [2.05, 4.69) is 10.1 Å². The van der Waals surface area contributed by atoms with Gasteiger partial charge < -0.3 is 25.6 Å². The zero-order valence-corrected chi connectivity index (χ0v) is 22.0. The monoisotopic (exact) mass is 578 g/mol. The van der Waals surface area contributed by atoms with Crippen molar-refractivity contribution in [3.8, 4) is 22.6 Å². The van der Waals surface area contributed by atoms with Crippen molar-refractivity contribution in [3.05, 3.63) is 81.9 Å². The van der Waals surface area contributed by atoms with Gasteiger partial charge in [0, 0.05) is 30.1 Å². The molecular weight excluding hydrogens is 552 g/mol. The lowest BCUT2D eigenvalue weighted by Crippen LogP contribution is -2.46. The van der Waals surface area contributed by atoms with Crippen LogP contribution < -0.4 is 20.5 Å². The second-order valence-corrected chi connectivity index (χ2v) is 10.4. The van der Waals surface area contributed by atoms with Gasteiger partial charge >= 0.3 is 6.61 Å². The number of benzene rings is 3. The highest BCUT2D eigenvalue weighted by Gasteiger charge is 2.43. The number of hydrogen-bond acceptors (Lipinski definition) is 5. The Kier molecular flexibility index (Phi) is 7.94. The third-order valence-electron chi connectivity index (χ3n) is 7.58. The van der Waals surface area contributed by atoms with Crippen LogP contribution in [0.4, 0.5) is 17.6 Å². The highest BCUT2D eigenvalue weighted by molar-refractivity contribution is 6.33. The molecule has 0 radical (unpaired) electrons. The molecule has 40 heavy (non-hydrogen) atoms. The van der Waals surface area contributed by atoms with Gasteiger partial charge in [0.05, 0.1) is 11.7 Å². The van der Waals surface area contributed by atoms with Crippen molar-refractivity contribution in [1.29, 1.82) is 0 Å². The lowest BCUT2D eigenvalue weighted by atomic mass is 9.84. The van der Waals surface area contributed by atoms with Crippen molar-refractivity contribution < 1.29 is 36.9 Å². The molecule has 212 valence electrons. The van der Waals surface area contributed by atoms with Crippen LogP contribution in [0.2, 0.25) is 5.02 Å². The summed E-state index contributed by atoms with van der Waals surface area (Å²) in [4.78, 5) is 12.3. The minimum atomic E-state index is -3.50. The summed E-state index contributed by atoms with van der Waals surface area (Å²) in [6.45, 7) is -3.15. The molecule has 0 bridgehead atoms. The minimum absolute atomic E-state index is 0.0390. The number of aliphatic hydroxyl groups is 1. The van der Waals surface area contributed by atoms with E-state index in [1.165, 1.54) is 12.1 Å². The first kappa shape index (κ1) is 28.2. The van der Waals surface area contributed by atoms with E-state index in [0.717, 1.165) is 18.4 Å². The molecule has 3 aromatic rings. The summed E-state index contributed by atoms with van der Waals surface area (Å²) in [6, 6.07) is 14.1. The molecule has 0 aromatic heterocycles. The number of alkyl halides is 2. The highest BCUT2D eigenvalue weighted by atomic mass is 35.5. The number of rotatable bonds is 8. The van der Waals surface area contributed by atoms with Crippen LogP contribution in [0, 0.1) is 11.6 Å². The van der Waals surface area contributed by atoms with E-state index in [1.807, 2.05) is 30.3 Å². The van der Waals surface area contributed by atoms with Gasteiger partial charge in [-0.15, -0.1) is 0 Å². The van der Waals surface area contributed by atoms with Crippen molar-refractivity contribution in [2.75, 3.05) is 6.54 Å². The van der Waals surface area contributed by atoms with Crippen LogP contribution in [0.15, 0.2) is 48.5 Å². The highest BCUT2D eigenvalue weighted by Crippen LogP contribution is 2.49. The van der Waals surface area contributed by atoms with E-state index in [0.29, 0.717) is 30.7 Å². The van der Waals surface area contributed by atoms with Crippen LogP contribution in [-0.4, -0.2) is 36.3 Å². The Morgan fingerprint density at radius 1 is 1.10 bits per heavy atom. The predicted octanol–water partition coefficient (Wildman–Crippen LogP) is 5.71. The molecule has 1 saturated carbocycles. The van der Waals surface area contributed by atoms with Gasteiger partial charge in [-0.05, 0) is 42.9 Å². The summed E-state index contributed by atoms with van der Waals surface area (Å²) in [7, 11) is 0. The SMILES string of the molecule is NC(=O)c1c(F)c(Cl)c(OC(F)F)c(F)c1-c1cccc2c1C[C@@](CNC1CCC(O)CC1)(c1ccccc1)O2. The van der Waals surface area contributed by atoms with Gasteiger partial charge in [-0.3, -0.25) is 4.79 Å². The zero-order valence-electron chi connectivity index (χ0n) is 21.2. The van der Waals surface area contributed by atoms with E-state index < -0.39 is 51.7 Å². The van der Waals surface area contributed by atoms with Gasteiger partial charge in [0.15, 0.2) is 23.0 Å². The third kappa shape index (κ3) is 5.23. The molecule has 6 nitrogen and oxygen atoms in total. The molecular formula is C29H27ClF4N2O4. The van der Waals surface area contributed by atoms with E-state index in [1.54, 1.807) is 6.07 Å². The van der Waals surface area contributed by atoms with Crippen LogP contribution in [0.25, 0.3) is 11.1 Å². The summed E-state index contributed by atoms with van der Waals surface area (Å²) in [5.41, 5.74) is 4.22. The van der Waals surface area contributed by atoms with Crippen molar-refractivity contribution in [2.24, 2.45) is 5.73 Å². The Morgan fingerprint density at radius 3 is 2.45 bits per heavy atom. The van der Waals surface area contributed by atoms with Crippen molar-refractivity contribution in [3.63, 3.8) is 0 Å². The number of amides is 1. The molecule has 0 spiro atoms. The number of ether oxygens (including phenoxy) is 2. The number of carbonyl (C=O) groups excluding carboxylic acids is 1. The van der Waals surface area contributed by atoms with E-state index in [-0.39, 0.29) is 24.1 Å². The van der Waals surface area contributed by atoms with Crippen LogP contribution >= 0.6 is 11.6 Å².